The van der Waals surface area contributed by atoms with E-state index in [1.54, 1.807) is 0 Å². The first-order valence-corrected chi connectivity index (χ1v) is 6.86. The van der Waals surface area contributed by atoms with E-state index in [0.717, 1.165) is 25.9 Å². The SMILES string of the molecule is CCC1(C(=O)O)CCN(C(=O)N2CCCC2)CC1. The van der Waals surface area contributed by atoms with Crippen LogP contribution >= 0.6 is 0 Å². The van der Waals surface area contributed by atoms with Gasteiger partial charge < -0.3 is 14.9 Å². The van der Waals surface area contributed by atoms with Crippen LogP contribution in [0.5, 0.6) is 0 Å². The standard InChI is InChI=1S/C13H22N2O3/c1-2-13(11(16)17)5-9-15(10-6-13)12(18)14-7-3-4-8-14/h2-10H2,1H3,(H,16,17). The Bertz CT molecular complexity index is 329. The van der Waals surface area contributed by atoms with Crippen molar-refractivity contribution in [2.75, 3.05) is 26.2 Å². The largest absolute Gasteiger partial charge is 0.481 e. The van der Waals surface area contributed by atoms with Gasteiger partial charge in [-0.3, -0.25) is 4.79 Å². The molecule has 2 fully saturated rings. The van der Waals surface area contributed by atoms with Crippen LogP contribution in [0.2, 0.25) is 0 Å². The lowest BCUT2D eigenvalue weighted by molar-refractivity contribution is -0.152. The van der Waals surface area contributed by atoms with E-state index in [0.29, 0.717) is 32.4 Å². The third-order valence-electron chi connectivity index (χ3n) is 4.50. The molecule has 0 aliphatic carbocycles. The number of carbonyl (C=O) groups is 2. The monoisotopic (exact) mass is 254 g/mol. The molecule has 2 rings (SSSR count). The van der Waals surface area contributed by atoms with Gasteiger partial charge in [0, 0.05) is 26.2 Å². The van der Waals surface area contributed by atoms with Gasteiger partial charge in [0.15, 0.2) is 0 Å². The van der Waals surface area contributed by atoms with Crippen LogP contribution in [0.1, 0.15) is 39.0 Å². The summed E-state index contributed by atoms with van der Waals surface area (Å²) in [6.45, 7) is 4.79. The first-order valence-electron chi connectivity index (χ1n) is 6.86. The Balaban J connectivity index is 1.93. The maximum atomic E-state index is 12.2. The normalized spacial score (nSPS) is 23.2. The van der Waals surface area contributed by atoms with Crippen LogP contribution in [0.3, 0.4) is 0 Å². The molecule has 2 saturated heterocycles. The van der Waals surface area contributed by atoms with Crippen LogP contribution in [0, 0.1) is 5.41 Å². The van der Waals surface area contributed by atoms with Crippen LogP contribution in [-0.4, -0.2) is 53.1 Å². The van der Waals surface area contributed by atoms with Gasteiger partial charge in [-0.25, -0.2) is 4.79 Å². The van der Waals surface area contributed by atoms with Crippen LogP contribution in [0.25, 0.3) is 0 Å². The van der Waals surface area contributed by atoms with Crippen molar-refractivity contribution in [1.82, 2.24) is 9.80 Å². The summed E-state index contributed by atoms with van der Waals surface area (Å²) in [5, 5.41) is 9.31. The van der Waals surface area contributed by atoms with E-state index in [-0.39, 0.29) is 6.03 Å². The molecule has 0 unspecified atom stereocenters. The van der Waals surface area contributed by atoms with Crippen molar-refractivity contribution in [1.29, 1.82) is 0 Å². The highest BCUT2D eigenvalue weighted by molar-refractivity contribution is 5.77. The molecule has 0 aromatic rings. The van der Waals surface area contributed by atoms with Crippen LogP contribution < -0.4 is 0 Å². The molecule has 0 atom stereocenters. The number of urea groups is 1. The Morgan fingerprint density at radius 1 is 1.06 bits per heavy atom. The van der Waals surface area contributed by atoms with Crippen LogP contribution in [0.4, 0.5) is 4.79 Å². The summed E-state index contributed by atoms with van der Waals surface area (Å²) in [6, 6.07) is 0.0996. The number of hydrogen-bond donors (Lipinski definition) is 1. The second-order valence-electron chi connectivity index (χ2n) is 5.40. The molecule has 0 radical (unpaired) electrons. The smallest absolute Gasteiger partial charge is 0.319 e. The minimum absolute atomic E-state index is 0.0996. The number of carboxylic acids is 1. The zero-order valence-electron chi connectivity index (χ0n) is 11.0. The summed E-state index contributed by atoms with van der Waals surface area (Å²) >= 11 is 0. The molecule has 2 aliphatic rings. The number of likely N-dealkylation sites (tertiary alicyclic amines) is 2. The highest BCUT2D eigenvalue weighted by atomic mass is 16.4. The van der Waals surface area contributed by atoms with Gasteiger partial charge in [-0.05, 0) is 32.1 Å². The summed E-state index contributed by atoms with van der Waals surface area (Å²) in [4.78, 5) is 27.2. The number of carboxylic acid groups (broad SMARTS) is 1. The number of carbonyl (C=O) groups excluding carboxylic acids is 1. The van der Waals surface area contributed by atoms with Gasteiger partial charge in [0.1, 0.15) is 0 Å². The minimum Gasteiger partial charge on any atom is -0.481 e. The second kappa shape index (κ2) is 5.16. The van der Waals surface area contributed by atoms with Crippen molar-refractivity contribution in [3.05, 3.63) is 0 Å². The first-order chi connectivity index (χ1) is 8.59. The summed E-state index contributed by atoms with van der Waals surface area (Å²) in [5.41, 5.74) is -0.609. The van der Waals surface area contributed by atoms with Crippen LogP contribution in [-0.2, 0) is 4.79 Å². The molecule has 0 aromatic carbocycles. The molecule has 5 heteroatoms. The fourth-order valence-corrected chi connectivity index (χ4v) is 2.95. The Kier molecular flexibility index (Phi) is 3.78. The molecule has 2 amide bonds. The number of piperidine rings is 1. The third-order valence-corrected chi connectivity index (χ3v) is 4.50. The summed E-state index contributed by atoms with van der Waals surface area (Å²) in [5.74, 6) is -0.710. The number of amides is 2. The fraction of sp³-hybridized carbons (Fsp3) is 0.846. The van der Waals surface area contributed by atoms with Crippen molar-refractivity contribution >= 4 is 12.0 Å². The lowest BCUT2D eigenvalue weighted by atomic mass is 9.76. The van der Waals surface area contributed by atoms with Gasteiger partial charge in [-0.1, -0.05) is 6.92 Å². The zero-order chi connectivity index (χ0) is 13.2. The van der Waals surface area contributed by atoms with Crippen molar-refractivity contribution in [2.45, 2.75) is 39.0 Å². The number of hydrogen-bond acceptors (Lipinski definition) is 2. The fourth-order valence-electron chi connectivity index (χ4n) is 2.95. The molecule has 2 heterocycles. The molecule has 5 nitrogen and oxygen atoms in total. The summed E-state index contributed by atoms with van der Waals surface area (Å²) in [7, 11) is 0. The van der Waals surface area contributed by atoms with Crippen molar-refractivity contribution in [2.24, 2.45) is 5.41 Å². The second-order valence-corrected chi connectivity index (χ2v) is 5.40. The van der Waals surface area contributed by atoms with Crippen molar-refractivity contribution < 1.29 is 14.7 Å². The Hall–Kier alpha value is -1.26. The lowest BCUT2D eigenvalue weighted by Crippen LogP contribution is -2.50. The van der Waals surface area contributed by atoms with Gasteiger partial charge >= 0.3 is 12.0 Å². The summed E-state index contributed by atoms with van der Waals surface area (Å²) in [6.07, 6.45) is 3.99. The third kappa shape index (κ3) is 2.31. The molecule has 18 heavy (non-hydrogen) atoms. The highest BCUT2D eigenvalue weighted by Crippen LogP contribution is 2.35. The van der Waals surface area contributed by atoms with E-state index < -0.39 is 11.4 Å². The molecule has 2 aliphatic heterocycles. The molecule has 102 valence electrons. The Morgan fingerprint density at radius 2 is 1.56 bits per heavy atom. The zero-order valence-corrected chi connectivity index (χ0v) is 11.0. The molecule has 0 spiro atoms. The maximum Gasteiger partial charge on any atom is 0.319 e. The van der Waals surface area contributed by atoms with E-state index in [2.05, 4.69) is 0 Å². The Labute approximate surface area is 108 Å². The molecular weight excluding hydrogens is 232 g/mol. The highest BCUT2D eigenvalue weighted by Gasteiger charge is 2.41. The lowest BCUT2D eigenvalue weighted by Gasteiger charge is -2.39. The van der Waals surface area contributed by atoms with E-state index in [9.17, 15) is 14.7 Å². The van der Waals surface area contributed by atoms with E-state index in [4.69, 9.17) is 0 Å². The molecule has 0 saturated carbocycles. The van der Waals surface area contributed by atoms with E-state index >= 15 is 0 Å². The number of rotatable bonds is 2. The van der Waals surface area contributed by atoms with Gasteiger partial charge in [-0.2, -0.15) is 0 Å². The van der Waals surface area contributed by atoms with Gasteiger partial charge in [-0.15, -0.1) is 0 Å². The van der Waals surface area contributed by atoms with E-state index in [1.165, 1.54) is 0 Å². The quantitative estimate of drug-likeness (QED) is 0.817. The molecule has 0 aromatic heterocycles. The average molecular weight is 254 g/mol. The number of nitrogens with zero attached hydrogens (tertiary/aromatic N) is 2. The van der Waals surface area contributed by atoms with E-state index in [1.807, 2.05) is 16.7 Å². The minimum atomic E-state index is -0.710. The summed E-state index contributed by atoms with van der Waals surface area (Å²) < 4.78 is 0. The Morgan fingerprint density at radius 3 is 2.00 bits per heavy atom. The topological polar surface area (TPSA) is 60.9 Å². The molecule has 0 bridgehead atoms. The molecule has 1 N–H and O–H groups in total. The maximum absolute atomic E-state index is 12.2. The van der Waals surface area contributed by atoms with Crippen molar-refractivity contribution in [3.63, 3.8) is 0 Å². The van der Waals surface area contributed by atoms with Gasteiger partial charge in [0.05, 0.1) is 5.41 Å². The molecular formula is C13H22N2O3. The average Bonchev–Trinajstić information content (AvgIpc) is 2.91. The predicted octanol–water partition coefficient (Wildman–Crippen LogP) is 1.78. The van der Waals surface area contributed by atoms with Gasteiger partial charge in [0.25, 0.3) is 0 Å². The first kappa shape index (κ1) is 13.2. The number of aliphatic carboxylic acids is 1. The van der Waals surface area contributed by atoms with Gasteiger partial charge in [0.2, 0.25) is 0 Å². The van der Waals surface area contributed by atoms with Crippen LogP contribution in [0.15, 0.2) is 0 Å². The van der Waals surface area contributed by atoms with Crippen molar-refractivity contribution in [3.8, 4) is 0 Å². The predicted molar refractivity (Wildman–Crippen MR) is 67.4 cm³/mol.